The lowest BCUT2D eigenvalue weighted by molar-refractivity contribution is 0.101. The van der Waals surface area contributed by atoms with Crippen molar-refractivity contribution in [2.24, 2.45) is 0 Å². The number of halogens is 2. The van der Waals surface area contributed by atoms with E-state index in [9.17, 15) is 9.18 Å². The molecule has 2 aromatic carbocycles. The smallest absolute Gasteiger partial charge is 0.185 e. The first-order valence-electron chi connectivity index (χ1n) is 7.82. The summed E-state index contributed by atoms with van der Waals surface area (Å²) >= 11 is 5.92. The monoisotopic (exact) mass is 366 g/mol. The Labute approximate surface area is 153 Å². The first kappa shape index (κ1) is 16.4. The highest BCUT2D eigenvalue weighted by Crippen LogP contribution is 2.30. The van der Waals surface area contributed by atoms with Crippen molar-refractivity contribution in [2.45, 2.75) is 6.92 Å². The molecule has 4 aromatic rings. The maximum atomic E-state index is 13.6. The van der Waals surface area contributed by atoms with Crippen LogP contribution in [0.3, 0.4) is 0 Å². The van der Waals surface area contributed by atoms with Crippen molar-refractivity contribution in [1.82, 2.24) is 19.8 Å². The van der Waals surface area contributed by atoms with Gasteiger partial charge in [0.2, 0.25) is 0 Å². The standard InChI is InChI=1S/C19H12ClFN4O/c1-11(26)17-18(13-7-8-16(21)15(20)9-13)25-19(24-23-17)14(10-22-25)12-5-3-2-4-6-12/h2-10H,1H3. The lowest BCUT2D eigenvalue weighted by Gasteiger charge is -2.09. The molecule has 0 aliphatic heterocycles. The van der Waals surface area contributed by atoms with Crippen LogP contribution in [0.1, 0.15) is 17.4 Å². The van der Waals surface area contributed by atoms with Gasteiger partial charge in [-0.2, -0.15) is 5.10 Å². The maximum Gasteiger partial charge on any atom is 0.185 e. The van der Waals surface area contributed by atoms with E-state index in [2.05, 4.69) is 15.3 Å². The Morgan fingerprint density at radius 2 is 1.85 bits per heavy atom. The Morgan fingerprint density at radius 3 is 2.54 bits per heavy atom. The van der Waals surface area contributed by atoms with Crippen LogP contribution in [0, 0.1) is 5.82 Å². The van der Waals surface area contributed by atoms with Crippen LogP contribution in [0.5, 0.6) is 0 Å². The molecule has 0 N–H and O–H groups in total. The van der Waals surface area contributed by atoms with Crippen LogP contribution in [-0.4, -0.2) is 25.6 Å². The van der Waals surface area contributed by atoms with Crippen LogP contribution in [0.25, 0.3) is 28.0 Å². The van der Waals surface area contributed by atoms with E-state index < -0.39 is 5.82 Å². The number of benzene rings is 2. The van der Waals surface area contributed by atoms with Gasteiger partial charge in [0.05, 0.1) is 11.2 Å². The first-order valence-corrected chi connectivity index (χ1v) is 8.20. The maximum absolute atomic E-state index is 13.6. The molecule has 5 nitrogen and oxygen atoms in total. The largest absolute Gasteiger partial charge is 0.293 e. The van der Waals surface area contributed by atoms with Crippen molar-refractivity contribution in [1.29, 1.82) is 0 Å². The highest BCUT2D eigenvalue weighted by atomic mass is 35.5. The van der Waals surface area contributed by atoms with E-state index >= 15 is 0 Å². The number of hydrogen-bond acceptors (Lipinski definition) is 4. The summed E-state index contributed by atoms with van der Waals surface area (Å²) in [6.45, 7) is 1.39. The number of aromatic nitrogens is 4. The summed E-state index contributed by atoms with van der Waals surface area (Å²) in [7, 11) is 0. The van der Waals surface area contributed by atoms with Gasteiger partial charge in [0.25, 0.3) is 0 Å². The number of rotatable bonds is 3. The number of carbonyl (C=O) groups excluding carboxylic acids is 1. The number of Topliss-reactive ketones (excluding diaryl/α,β-unsaturated/α-hetero) is 1. The van der Waals surface area contributed by atoms with Gasteiger partial charge in [0.1, 0.15) is 11.5 Å². The summed E-state index contributed by atoms with van der Waals surface area (Å²) in [6.07, 6.45) is 1.66. The summed E-state index contributed by atoms with van der Waals surface area (Å²) in [5, 5.41) is 12.6. The summed E-state index contributed by atoms with van der Waals surface area (Å²) in [4.78, 5) is 12.1. The molecule has 0 saturated carbocycles. The lowest BCUT2D eigenvalue weighted by atomic mass is 10.1. The van der Waals surface area contributed by atoms with Gasteiger partial charge >= 0.3 is 0 Å². The molecule has 0 unspecified atom stereocenters. The second kappa shape index (κ2) is 6.31. The summed E-state index contributed by atoms with van der Waals surface area (Å²) < 4.78 is 15.1. The van der Waals surface area contributed by atoms with Gasteiger partial charge in [-0.15, -0.1) is 10.2 Å². The van der Waals surface area contributed by atoms with Gasteiger partial charge in [-0.1, -0.05) is 41.9 Å². The Balaban J connectivity index is 2.03. The van der Waals surface area contributed by atoms with Gasteiger partial charge < -0.3 is 0 Å². The molecule has 0 bridgehead atoms. The average molecular weight is 367 g/mol. The number of nitrogens with zero attached hydrogens (tertiary/aromatic N) is 4. The minimum atomic E-state index is -0.538. The molecule has 0 aliphatic carbocycles. The fourth-order valence-corrected chi connectivity index (χ4v) is 2.99. The fourth-order valence-electron chi connectivity index (χ4n) is 2.81. The van der Waals surface area contributed by atoms with Gasteiger partial charge in [-0.25, -0.2) is 8.91 Å². The van der Waals surface area contributed by atoms with Crippen LogP contribution >= 0.6 is 11.6 Å². The third-order valence-corrected chi connectivity index (χ3v) is 4.33. The average Bonchev–Trinajstić information content (AvgIpc) is 3.08. The Kier molecular flexibility index (Phi) is 3.97. The molecule has 128 valence electrons. The highest BCUT2D eigenvalue weighted by molar-refractivity contribution is 6.31. The highest BCUT2D eigenvalue weighted by Gasteiger charge is 2.20. The zero-order valence-corrected chi connectivity index (χ0v) is 14.4. The van der Waals surface area contributed by atoms with Crippen LogP contribution in [-0.2, 0) is 0 Å². The van der Waals surface area contributed by atoms with E-state index in [0.29, 0.717) is 16.9 Å². The number of hydrogen-bond donors (Lipinski definition) is 0. The molecule has 26 heavy (non-hydrogen) atoms. The molecule has 0 aliphatic rings. The first-order chi connectivity index (χ1) is 12.6. The van der Waals surface area contributed by atoms with Crippen molar-refractivity contribution in [3.05, 3.63) is 71.3 Å². The normalized spacial score (nSPS) is 11.0. The zero-order chi connectivity index (χ0) is 18.3. The lowest BCUT2D eigenvalue weighted by Crippen LogP contribution is -2.09. The summed E-state index contributed by atoms with van der Waals surface area (Å²) in [6, 6.07) is 13.8. The molecule has 0 atom stereocenters. The Bertz CT molecular complexity index is 1140. The molecule has 0 spiro atoms. The molecule has 0 amide bonds. The third kappa shape index (κ3) is 2.64. The van der Waals surface area contributed by atoms with E-state index in [1.54, 1.807) is 6.20 Å². The fraction of sp³-hybridized carbons (Fsp3) is 0.0526. The SMILES string of the molecule is CC(=O)c1nnc2c(-c3ccccc3)cnn2c1-c1ccc(F)c(Cl)c1. The van der Waals surface area contributed by atoms with Gasteiger partial charge in [0.15, 0.2) is 17.1 Å². The molecular formula is C19H12ClFN4O. The molecule has 4 rings (SSSR count). The van der Waals surface area contributed by atoms with E-state index in [-0.39, 0.29) is 16.5 Å². The van der Waals surface area contributed by atoms with Crippen molar-refractivity contribution >= 4 is 23.0 Å². The predicted octanol–water partition coefficient (Wildman–Crippen LogP) is 4.45. The number of carbonyl (C=O) groups is 1. The topological polar surface area (TPSA) is 60.2 Å². The predicted molar refractivity (Wildman–Crippen MR) is 96.6 cm³/mol. The third-order valence-electron chi connectivity index (χ3n) is 4.04. The van der Waals surface area contributed by atoms with Crippen molar-refractivity contribution < 1.29 is 9.18 Å². The van der Waals surface area contributed by atoms with Crippen LogP contribution in [0.2, 0.25) is 5.02 Å². The van der Waals surface area contributed by atoms with Crippen molar-refractivity contribution in [2.75, 3.05) is 0 Å². The zero-order valence-electron chi connectivity index (χ0n) is 13.6. The van der Waals surface area contributed by atoms with E-state index in [1.807, 2.05) is 30.3 Å². The van der Waals surface area contributed by atoms with Crippen molar-refractivity contribution in [3.63, 3.8) is 0 Å². The molecule has 2 heterocycles. The minimum Gasteiger partial charge on any atom is -0.293 e. The molecular weight excluding hydrogens is 355 g/mol. The quantitative estimate of drug-likeness (QED) is 0.502. The van der Waals surface area contributed by atoms with Crippen LogP contribution < -0.4 is 0 Å². The number of ketones is 1. The summed E-state index contributed by atoms with van der Waals surface area (Å²) in [5.74, 6) is -0.810. The molecule has 0 saturated heterocycles. The van der Waals surface area contributed by atoms with Gasteiger partial charge in [-0.3, -0.25) is 4.79 Å². The van der Waals surface area contributed by atoms with Crippen molar-refractivity contribution in [3.8, 4) is 22.4 Å². The van der Waals surface area contributed by atoms with E-state index in [0.717, 1.165) is 11.1 Å². The molecule has 2 aromatic heterocycles. The van der Waals surface area contributed by atoms with E-state index in [1.165, 1.54) is 29.6 Å². The Morgan fingerprint density at radius 1 is 1.08 bits per heavy atom. The van der Waals surface area contributed by atoms with E-state index in [4.69, 9.17) is 11.6 Å². The van der Waals surface area contributed by atoms with Crippen LogP contribution in [0.15, 0.2) is 54.7 Å². The molecule has 7 heteroatoms. The second-order valence-electron chi connectivity index (χ2n) is 5.74. The van der Waals surface area contributed by atoms with Gasteiger partial charge in [0, 0.05) is 18.1 Å². The van der Waals surface area contributed by atoms with Crippen LogP contribution in [0.4, 0.5) is 4.39 Å². The second-order valence-corrected chi connectivity index (χ2v) is 6.15. The summed E-state index contributed by atoms with van der Waals surface area (Å²) in [5.41, 5.74) is 3.30. The van der Waals surface area contributed by atoms with Gasteiger partial charge in [-0.05, 0) is 23.8 Å². The Hall–Kier alpha value is -3.12. The minimum absolute atomic E-state index is 0.0441. The molecule has 0 radical (unpaired) electrons. The molecule has 0 fully saturated rings. The number of fused-ring (bicyclic) bond motifs is 1.